The van der Waals surface area contributed by atoms with Gasteiger partial charge in [0.15, 0.2) is 0 Å². The fraction of sp³-hybridized carbons (Fsp3) is 0.400. The molecule has 3 aromatic rings. The minimum Gasteiger partial charge on any atom is -0.352 e. The molecule has 2 heterocycles. The highest BCUT2D eigenvalue weighted by molar-refractivity contribution is 6.34. The monoisotopic (exact) mass is 467 g/mol. The van der Waals surface area contributed by atoms with Gasteiger partial charge in [-0.25, -0.2) is 0 Å². The molecule has 1 aromatic heterocycles. The van der Waals surface area contributed by atoms with Crippen LogP contribution in [0.4, 0.5) is 5.69 Å². The number of hydrogen-bond donors (Lipinski definition) is 3. The lowest BCUT2D eigenvalue weighted by Crippen LogP contribution is -2.34. The van der Waals surface area contributed by atoms with Crippen LogP contribution in [0, 0.1) is 5.41 Å². The summed E-state index contributed by atoms with van der Waals surface area (Å²) in [6, 6.07) is 11.4. The molecular weight excluding hydrogens is 438 g/mol. The fourth-order valence-corrected chi connectivity index (χ4v) is 4.22. The van der Waals surface area contributed by atoms with E-state index in [-0.39, 0.29) is 11.8 Å². The van der Waals surface area contributed by atoms with Gasteiger partial charge in [0.05, 0.1) is 34.0 Å². The van der Waals surface area contributed by atoms with Crippen molar-refractivity contribution in [3.8, 4) is 0 Å². The molecule has 1 saturated heterocycles. The topological polar surface area (TPSA) is 88.1 Å². The molecule has 33 heavy (non-hydrogen) atoms. The Morgan fingerprint density at radius 1 is 1.18 bits per heavy atom. The van der Waals surface area contributed by atoms with Crippen LogP contribution in [0.2, 0.25) is 5.02 Å². The number of anilines is 1. The number of rotatable bonds is 5. The van der Waals surface area contributed by atoms with Gasteiger partial charge in [-0.3, -0.25) is 14.3 Å². The highest BCUT2D eigenvalue weighted by Crippen LogP contribution is 2.29. The average molecular weight is 468 g/mol. The van der Waals surface area contributed by atoms with E-state index in [0.717, 1.165) is 42.4 Å². The number of carbonyl (C=O) groups is 2. The number of halogens is 1. The molecule has 0 radical (unpaired) electrons. The van der Waals surface area contributed by atoms with Crippen molar-refractivity contribution in [3.63, 3.8) is 0 Å². The van der Waals surface area contributed by atoms with Crippen molar-refractivity contribution in [2.24, 2.45) is 5.41 Å². The summed E-state index contributed by atoms with van der Waals surface area (Å²) in [4.78, 5) is 25.3. The number of fused-ring (bicyclic) bond motifs is 1. The number of benzene rings is 2. The van der Waals surface area contributed by atoms with E-state index in [4.69, 9.17) is 11.6 Å². The summed E-state index contributed by atoms with van der Waals surface area (Å²) in [6.45, 7) is 7.86. The summed E-state index contributed by atoms with van der Waals surface area (Å²) in [5, 5.41) is 15.2. The van der Waals surface area contributed by atoms with E-state index in [1.165, 1.54) is 0 Å². The number of carbonyl (C=O) groups excluding carboxylic acids is 2. The molecule has 2 amide bonds. The Hall–Kier alpha value is -2.90. The Balaban J connectivity index is 1.53. The van der Waals surface area contributed by atoms with Gasteiger partial charge in [-0.1, -0.05) is 44.5 Å². The molecule has 0 atom stereocenters. The zero-order chi connectivity index (χ0) is 23.6. The minimum absolute atomic E-state index is 0.0547. The van der Waals surface area contributed by atoms with Gasteiger partial charge in [-0.05, 0) is 55.8 Å². The SMILES string of the molecule is CC(C)(C)C(=O)NCc1ccc(Cl)c(C(=O)Nc2cccc3c2cnn3C2CCNCC2)c1. The zero-order valence-corrected chi connectivity index (χ0v) is 20.0. The standard InChI is InChI=1S/C25H30ClN5O2/c1-25(2,3)24(33)28-14-16-7-8-20(26)18(13-16)23(32)30-21-5-4-6-22-19(21)15-29-31(22)17-9-11-27-12-10-17/h4-8,13,15,17,27H,9-12,14H2,1-3H3,(H,28,33)(H,30,32). The predicted molar refractivity (Wildman–Crippen MR) is 132 cm³/mol. The minimum atomic E-state index is -0.482. The van der Waals surface area contributed by atoms with Gasteiger partial charge in [0.25, 0.3) is 5.91 Å². The first-order valence-electron chi connectivity index (χ1n) is 11.3. The number of hydrogen-bond acceptors (Lipinski definition) is 4. The first-order valence-corrected chi connectivity index (χ1v) is 11.7. The van der Waals surface area contributed by atoms with Crippen molar-refractivity contribution in [2.45, 2.75) is 46.2 Å². The van der Waals surface area contributed by atoms with Crippen molar-refractivity contribution in [1.29, 1.82) is 0 Å². The highest BCUT2D eigenvalue weighted by Gasteiger charge is 2.22. The Morgan fingerprint density at radius 3 is 2.67 bits per heavy atom. The van der Waals surface area contributed by atoms with E-state index in [0.29, 0.717) is 28.9 Å². The molecular formula is C25H30ClN5O2. The van der Waals surface area contributed by atoms with Crippen LogP contribution in [0.15, 0.2) is 42.6 Å². The Bertz CT molecular complexity index is 1180. The molecule has 3 N–H and O–H groups in total. The van der Waals surface area contributed by atoms with Crippen LogP contribution >= 0.6 is 11.6 Å². The van der Waals surface area contributed by atoms with E-state index < -0.39 is 5.41 Å². The summed E-state index contributed by atoms with van der Waals surface area (Å²) in [5.74, 6) is -0.355. The third-order valence-electron chi connectivity index (χ3n) is 5.95. The lowest BCUT2D eigenvalue weighted by molar-refractivity contribution is -0.128. The number of piperidine rings is 1. The molecule has 4 rings (SSSR count). The molecule has 1 aliphatic heterocycles. The molecule has 0 spiro atoms. The summed E-state index contributed by atoms with van der Waals surface area (Å²) < 4.78 is 2.07. The van der Waals surface area contributed by atoms with Crippen molar-refractivity contribution < 1.29 is 9.59 Å². The molecule has 0 aliphatic carbocycles. The molecule has 1 fully saturated rings. The zero-order valence-electron chi connectivity index (χ0n) is 19.2. The summed E-state index contributed by atoms with van der Waals surface area (Å²) in [6.07, 6.45) is 3.87. The first kappa shape index (κ1) is 23.3. The fourth-order valence-electron chi connectivity index (χ4n) is 4.02. The molecule has 7 nitrogen and oxygen atoms in total. The molecule has 174 valence electrons. The second-order valence-corrected chi connectivity index (χ2v) is 9.92. The van der Waals surface area contributed by atoms with E-state index >= 15 is 0 Å². The van der Waals surface area contributed by atoms with Crippen molar-refractivity contribution in [1.82, 2.24) is 20.4 Å². The normalized spacial score (nSPS) is 14.9. The largest absolute Gasteiger partial charge is 0.352 e. The molecule has 8 heteroatoms. The Labute approximate surface area is 198 Å². The quantitative estimate of drug-likeness (QED) is 0.514. The van der Waals surface area contributed by atoms with Crippen molar-refractivity contribution in [3.05, 3.63) is 58.7 Å². The van der Waals surface area contributed by atoms with E-state index in [1.807, 2.05) is 51.2 Å². The number of aromatic nitrogens is 2. The second kappa shape index (κ2) is 9.53. The van der Waals surface area contributed by atoms with Gasteiger partial charge in [0, 0.05) is 17.3 Å². The maximum atomic E-state index is 13.1. The maximum absolute atomic E-state index is 13.1. The van der Waals surface area contributed by atoms with Gasteiger partial charge in [-0.15, -0.1) is 0 Å². The maximum Gasteiger partial charge on any atom is 0.257 e. The van der Waals surface area contributed by atoms with Crippen LogP contribution < -0.4 is 16.0 Å². The van der Waals surface area contributed by atoms with Crippen LogP contribution in [0.3, 0.4) is 0 Å². The summed E-state index contributed by atoms with van der Waals surface area (Å²) >= 11 is 6.35. The molecule has 0 bridgehead atoms. The lowest BCUT2D eigenvalue weighted by atomic mass is 9.95. The first-order chi connectivity index (χ1) is 15.7. The Kier molecular flexibility index (Phi) is 6.72. The third kappa shape index (κ3) is 5.20. The smallest absolute Gasteiger partial charge is 0.257 e. The number of nitrogens with zero attached hydrogens (tertiary/aromatic N) is 2. The van der Waals surface area contributed by atoms with Crippen LogP contribution in [-0.4, -0.2) is 34.7 Å². The van der Waals surface area contributed by atoms with Gasteiger partial charge >= 0.3 is 0 Å². The lowest BCUT2D eigenvalue weighted by Gasteiger charge is -2.23. The van der Waals surface area contributed by atoms with Gasteiger partial charge in [-0.2, -0.15) is 5.10 Å². The van der Waals surface area contributed by atoms with Crippen LogP contribution in [0.1, 0.15) is 55.6 Å². The van der Waals surface area contributed by atoms with Gasteiger partial charge < -0.3 is 16.0 Å². The molecule has 0 unspecified atom stereocenters. The van der Waals surface area contributed by atoms with Crippen molar-refractivity contribution >= 4 is 40.0 Å². The molecule has 2 aromatic carbocycles. The van der Waals surface area contributed by atoms with Gasteiger partial charge in [0.1, 0.15) is 0 Å². The third-order valence-corrected chi connectivity index (χ3v) is 6.28. The van der Waals surface area contributed by atoms with Crippen LogP contribution in [0.5, 0.6) is 0 Å². The van der Waals surface area contributed by atoms with Crippen molar-refractivity contribution in [2.75, 3.05) is 18.4 Å². The van der Waals surface area contributed by atoms with Gasteiger partial charge in [0.2, 0.25) is 5.91 Å². The number of nitrogens with one attached hydrogen (secondary N) is 3. The molecule has 1 aliphatic rings. The average Bonchev–Trinajstić information content (AvgIpc) is 3.23. The second-order valence-electron chi connectivity index (χ2n) is 9.51. The summed E-state index contributed by atoms with van der Waals surface area (Å²) in [5.41, 5.74) is 2.38. The Morgan fingerprint density at radius 2 is 1.94 bits per heavy atom. The highest BCUT2D eigenvalue weighted by atomic mass is 35.5. The molecule has 0 saturated carbocycles. The van der Waals surface area contributed by atoms with E-state index in [1.54, 1.807) is 12.1 Å². The predicted octanol–water partition coefficient (Wildman–Crippen LogP) is 4.53. The van der Waals surface area contributed by atoms with Crippen LogP contribution in [-0.2, 0) is 11.3 Å². The number of amides is 2. The van der Waals surface area contributed by atoms with Crippen LogP contribution in [0.25, 0.3) is 10.9 Å². The summed E-state index contributed by atoms with van der Waals surface area (Å²) in [7, 11) is 0. The van der Waals surface area contributed by atoms with E-state index in [2.05, 4.69) is 25.7 Å². The van der Waals surface area contributed by atoms with E-state index in [9.17, 15) is 9.59 Å².